The van der Waals surface area contributed by atoms with Crippen molar-refractivity contribution in [2.75, 3.05) is 26.2 Å². The Hall–Kier alpha value is -3.48. The fourth-order valence-electron chi connectivity index (χ4n) is 4.91. The number of carbonyl (C=O) groups is 2. The van der Waals surface area contributed by atoms with E-state index in [1.165, 1.54) is 40.5 Å². The molecule has 3 aliphatic rings. The third-order valence-electron chi connectivity index (χ3n) is 7.03. The van der Waals surface area contributed by atoms with Crippen molar-refractivity contribution in [3.63, 3.8) is 0 Å². The van der Waals surface area contributed by atoms with E-state index in [4.69, 9.17) is 14.6 Å². The minimum Gasteiger partial charge on any atom is -0.516 e. The summed E-state index contributed by atoms with van der Waals surface area (Å²) in [6, 6.07) is 16.4. The molecule has 5 rings (SSSR count). The predicted octanol–water partition coefficient (Wildman–Crippen LogP) is 6.49. The number of hydrogen-bond donors (Lipinski definition) is 1. The van der Waals surface area contributed by atoms with Crippen LogP contribution in [-0.4, -0.2) is 65.0 Å². The molecule has 198 valence electrons. The number of allylic oxidation sites excluding steroid dienone is 1. The first-order valence-corrected chi connectivity index (χ1v) is 13.1. The summed E-state index contributed by atoms with van der Waals surface area (Å²) in [7, 11) is 0. The van der Waals surface area contributed by atoms with Gasteiger partial charge in [0.1, 0.15) is 12.2 Å². The summed E-state index contributed by atoms with van der Waals surface area (Å²) in [5.41, 5.74) is 5.47. The number of rotatable bonds is 2. The molecule has 1 atom stereocenters. The molecule has 0 bridgehead atoms. The smallest absolute Gasteiger partial charge is 0.410 e. The largest absolute Gasteiger partial charge is 0.516 e. The number of aliphatic hydroxyl groups is 1. The van der Waals surface area contributed by atoms with E-state index in [0.717, 1.165) is 12.8 Å². The zero-order valence-electron chi connectivity index (χ0n) is 22.3. The number of piperazine rings is 1. The van der Waals surface area contributed by atoms with Crippen LogP contribution in [0, 0.1) is 0 Å². The number of fused-ring (bicyclic) bond motifs is 3. The van der Waals surface area contributed by atoms with Gasteiger partial charge in [-0.25, -0.2) is 9.59 Å². The highest BCUT2D eigenvalue weighted by atomic mass is 16.6. The number of carbonyl (C=O) groups excluding carboxylic acids is 2. The minimum absolute atomic E-state index is 0.0387. The average molecular weight is 507 g/mol. The van der Waals surface area contributed by atoms with Gasteiger partial charge in [0.15, 0.2) is 0 Å². The van der Waals surface area contributed by atoms with E-state index < -0.39 is 5.60 Å². The maximum atomic E-state index is 12.8. The van der Waals surface area contributed by atoms with Gasteiger partial charge in [-0.1, -0.05) is 48.5 Å². The summed E-state index contributed by atoms with van der Waals surface area (Å²) in [5, 5.41) is 8.22. The Kier molecular flexibility index (Phi) is 8.10. The van der Waals surface area contributed by atoms with Crippen LogP contribution >= 0.6 is 0 Å². The summed E-state index contributed by atoms with van der Waals surface area (Å²) < 4.78 is 11.2. The Morgan fingerprint density at radius 3 is 2.03 bits per heavy atom. The van der Waals surface area contributed by atoms with Gasteiger partial charge in [0.2, 0.25) is 0 Å². The standard InChI is InChI=1S/C25H30N2O4.C5H8O/c1-17-15-26(13-14-27(17)24(29)31-25(2,3)4)23(28)30-16-22-20-11-7-5-9-18(20)19-10-6-8-12-21(19)22;6-4-5-2-1-3-5/h5-12,17,22H,13-16H2,1-4H3;4,6H,1-3H2. The first kappa shape index (κ1) is 26.6. The number of ether oxygens (including phenoxy) is 2. The van der Waals surface area contributed by atoms with Crippen molar-refractivity contribution < 1.29 is 24.2 Å². The molecule has 7 heteroatoms. The molecule has 1 N–H and O–H groups in total. The van der Waals surface area contributed by atoms with Crippen LogP contribution in [0.15, 0.2) is 60.4 Å². The van der Waals surface area contributed by atoms with Gasteiger partial charge in [0.25, 0.3) is 0 Å². The van der Waals surface area contributed by atoms with Crippen LogP contribution < -0.4 is 0 Å². The summed E-state index contributed by atoms with van der Waals surface area (Å²) in [6.07, 6.45) is 4.06. The molecule has 1 aliphatic heterocycles. The predicted molar refractivity (Wildman–Crippen MR) is 144 cm³/mol. The summed E-state index contributed by atoms with van der Waals surface area (Å²) in [4.78, 5) is 28.6. The summed E-state index contributed by atoms with van der Waals surface area (Å²) in [6.45, 7) is 9.06. The number of benzene rings is 2. The zero-order chi connectivity index (χ0) is 26.6. The van der Waals surface area contributed by atoms with Gasteiger partial charge in [0.05, 0.1) is 12.3 Å². The van der Waals surface area contributed by atoms with Gasteiger partial charge in [-0.15, -0.1) is 0 Å². The van der Waals surface area contributed by atoms with Crippen molar-refractivity contribution in [2.45, 2.75) is 64.5 Å². The summed E-state index contributed by atoms with van der Waals surface area (Å²) >= 11 is 0. The van der Waals surface area contributed by atoms with Crippen LogP contribution in [0.3, 0.4) is 0 Å². The van der Waals surface area contributed by atoms with E-state index in [-0.39, 0.29) is 24.1 Å². The Labute approximate surface area is 219 Å². The Morgan fingerprint density at radius 2 is 1.57 bits per heavy atom. The monoisotopic (exact) mass is 506 g/mol. The minimum atomic E-state index is -0.541. The molecule has 2 fully saturated rings. The molecule has 2 aromatic rings. The highest BCUT2D eigenvalue weighted by Crippen LogP contribution is 2.44. The van der Waals surface area contributed by atoms with Gasteiger partial charge in [-0.2, -0.15) is 0 Å². The molecule has 0 spiro atoms. The molecular formula is C30H38N2O5. The third kappa shape index (κ3) is 6.27. The Bertz CT molecular complexity index is 1100. The summed E-state index contributed by atoms with van der Waals surface area (Å²) in [5.74, 6) is 0.0387. The van der Waals surface area contributed by atoms with E-state index >= 15 is 0 Å². The van der Waals surface area contributed by atoms with Gasteiger partial charge >= 0.3 is 12.2 Å². The maximum absolute atomic E-state index is 12.8. The van der Waals surface area contributed by atoms with E-state index in [0.29, 0.717) is 26.2 Å². The molecule has 2 aromatic carbocycles. The van der Waals surface area contributed by atoms with Crippen molar-refractivity contribution in [1.29, 1.82) is 0 Å². The van der Waals surface area contributed by atoms with Crippen molar-refractivity contribution in [3.05, 3.63) is 71.5 Å². The molecule has 1 saturated heterocycles. The quantitative estimate of drug-likeness (QED) is 0.471. The third-order valence-corrected chi connectivity index (χ3v) is 7.03. The SMILES string of the molecule is CC1CN(C(=O)OCC2c3ccccc3-c3ccccc32)CCN1C(=O)OC(C)(C)C.OC=C1CCC1. The molecule has 2 amide bonds. The number of hydrogen-bond acceptors (Lipinski definition) is 5. The van der Waals surface area contributed by atoms with Crippen molar-refractivity contribution >= 4 is 12.2 Å². The van der Waals surface area contributed by atoms with E-state index in [1.807, 2.05) is 52.0 Å². The first-order chi connectivity index (χ1) is 17.7. The molecule has 37 heavy (non-hydrogen) atoms. The van der Waals surface area contributed by atoms with E-state index in [2.05, 4.69) is 24.3 Å². The van der Waals surface area contributed by atoms with Crippen LogP contribution in [-0.2, 0) is 9.47 Å². The van der Waals surface area contributed by atoms with Gasteiger partial charge in [-0.05, 0) is 74.8 Å². The molecule has 1 heterocycles. The molecule has 1 unspecified atom stereocenters. The molecular weight excluding hydrogens is 468 g/mol. The van der Waals surface area contributed by atoms with Gasteiger partial charge in [0, 0.05) is 25.6 Å². The number of nitrogens with zero attached hydrogens (tertiary/aromatic N) is 2. The highest BCUT2D eigenvalue weighted by Gasteiger charge is 2.34. The van der Waals surface area contributed by atoms with Crippen LogP contribution in [0.5, 0.6) is 0 Å². The highest BCUT2D eigenvalue weighted by molar-refractivity contribution is 5.79. The van der Waals surface area contributed by atoms with Crippen molar-refractivity contribution in [1.82, 2.24) is 9.80 Å². The lowest BCUT2D eigenvalue weighted by molar-refractivity contribution is 0.0000440. The van der Waals surface area contributed by atoms with E-state index in [9.17, 15) is 9.59 Å². The fourth-order valence-corrected chi connectivity index (χ4v) is 4.91. The topological polar surface area (TPSA) is 79.3 Å². The second-order valence-corrected chi connectivity index (χ2v) is 10.9. The maximum Gasteiger partial charge on any atom is 0.410 e. The lowest BCUT2D eigenvalue weighted by Crippen LogP contribution is -2.56. The molecule has 0 aromatic heterocycles. The Morgan fingerprint density at radius 1 is 0.973 bits per heavy atom. The average Bonchev–Trinajstić information content (AvgIpc) is 3.15. The van der Waals surface area contributed by atoms with Crippen LogP contribution in [0.25, 0.3) is 11.1 Å². The Balaban J connectivity index is 0.000000469. The van der Waals surface area contributed by atoms with Crippen LogP contribution in [0.1, 0.15) is 64.0 Å². The van der Waals surface area contributed by atoms with Crippen molar-refractivity contribution in [2.24, 2.45) is 0 Å². The molecule has 0 radical (unpaired) electrons. The lowest BCUT2D eigenvalue weighted by atomic mass is 9.94. The van der Waals surface area contributed by atoms with Crippen molar-refractivity contribution in [3.8, 4) is 11.1 Å². The van der Waals surface area contributed by atoms with E-state index in [1.54, 1.807) is 9.80 Å². The normalized spacial score (nSPS) is 18.6. The van der Waals surface area contributed by atoms with Gasteiger partial charge in [-0.3, -0.25) is 0 Å². The lowest BCUT2D eigenvalue weighted by Gasteiger charge is -2.39. The second-order valence-electron chi connectivity index (χ2n) is 10.9. The van der Waals surface area contributed by atoms with Crippen LogP contribution in [0.4, 0.5) is 9.59 Å². The fraction of sp³-hybridized carbons (Fsp3) is 0.467. The number of amides is 2. The molecule has 2 aliphatic carbocycles. The first-order valence-electron chi connectivity index (χ1n) is 13.1. The van der Waals surface area contributed by atoms with Crippen LogP contribution in [0.2, 0.25) is 0 Å². The number of aliphatic hydroxyl groups excluding tert-OH is 1. The second kappa shape index (κ2) is 11.3. The zero-order valence-corrected chi connectivity index (χ0v) is 22.3. The molecule has 7 nitrogen and oxygen atoms in total. The van der Waals surface area contributed by atoms with Gasteiger partial charge < -0.3 is 24.4 Å². The molecule has 1 saturated carbocycles.